The van der Waals surface area contributed by atoms with Gasteiger partial charge in [-0.15, -0.1) is 0 Å². The van der Waals surface area contributed by atoms with Crippen molar-refractivity contribution in [3.05, 3.63) is 29.8 Å². The summed E-state index contributed by atoms with van der Waals surface area (Å²) in [6, 6.07) is 7.95. The van der Waals surface area contributed by atoms with Crippen molar-refractivity contribution in [1.82, 2.24) is 4.90 Å². The molecule has 1 heterocycles. The molecule has 4 nitrogen and oxygen atoms in total. The van der Waals surface area contributed by atoms with E-state index in [0.29, 0.717) is 6.54 Å². The second-order valence-electron chi connectivity index (χ2n) is 5.56. The molecule has 1 aromatic carbocycles. The summed E-state index contributed by atoms with van der Waals surface area (Å²) in [5, 5.41) is 0. The molecule has 0 saturated carbocycles. The maximum atomic E-state index is 12.0. The highest BCUT2D eigenvalue weighted by Crippen LogP contribution is 2.24. The van der Waals surface area contributed by atoms with E-state index in [2.05, 4.69) is 0 Å². The molecule has 1 aliphatic rings. The van der Waals surface area contributed by atoms with E-state index in [9.17, 15) is 4.79 Å². The smallest absolute Gasteiger partial charge is 0.241 e. The van der Waals surface area contributed by atoms with Crippen LogP contribution in [0.5, 0.6) is 0 Å². The Morgan fingerprint density at radius 2 is 2.00 bits per heavy atom. The zero-order chi connectivity index (χ0) is 13.3. The zero-order valence-electron chi connectivity index (χ0n) is 11.3. The molecule has 0 unspecified atom stereocenters. The highest BCUT2D eigenvalue weighted by Gasteiger charge is 2.24. The molecule has 0 aromatic heterocycles. The Morgan fingerprint density at radius 3 is 2.61 bits per heavy atom. The summed E-state index contributed by atoms with van der Waals surface area (Å²) >= 11 is 0. The molecular weight excluding hydrogens is 226 g/mol. The summed E-state index contributed by atoms with van der Waals surface area (Å²) in [6.45, 7) is 6.07. The molecule has 1 fully saturated rings. The first kappa shape index (κ1) is 13.1. The molecule has 0 atom stereocenters. The molecule has 2 N–H and O–H groups in total. The van der Waals surface area contributed by atoms with Gasteiger partial charge in [0.05, 0.1) is 6.54 Å². The van der Waals surface area contributed by atoms with Gasteiger partial charge in [0.2, 0.25) is 5.91 Å². The van der Waals surface area contributed by atoms with Crippen molar-refractivity contribution in [2.45, 2.75) is 19.4 Å². The number of nitrogens with two attached hydrogens (primary N) is 1. The van der Waals surface area contributed by atoms with Crippen LogP contribution in [0, 0.1) is 0 Å². The summed E-state index contributed by atoms with van der Waals surface area (Å²) in [4.78, 5) is 15.9. The molecule has 98 valence electrons. The van der Waals surface area contributed by atoms with Crippen molar-refractivity contribution < 1.29 is 4.79 Å². The molecule has 1 amide bonds. The van der Waals surface area contributed by atoms with Crippen LogP contribution >= 0.6 is 0 Å². The van der Waals surface area contributed by atoms with Crippen molar-refractivity contribution in [2.75, 3.05) is 31.6 Å². The van der Waals surface area contributed by atoms with Crippen LogP contribution < -0.4 is 10.6 Å². The monoisotopic (exact) mass is 247 g/mol. The van der Waals surface area contributed by atoms with Gasteiger partial charge in [0.1, 0.15) is 0 Å². The van der Waals surface area contributed by atoms with Gasteiger partial charge in [-0.25, -0.2) is 0 Å². The normalized spacial score (nSPS) is 18.2. The zero-order valence-corrected chi connectivity index (χ0v) is 11.3. The Kier molecular flexibility index (Phi) is 3.41. The lowest BCUT2D eigenvalue weighted by Gasteiger charge is -2.33. The number of hydrogen-bond acceptors (Lipinski definition) is 3. The second kappa shape index (κ2) is 4.71. The number of benzene rings is 1. The van der Waals surface area contributed by atoms with Gasteiger partial charge in [0.15, 0.2) is 0 Å². The Labute approximate surface area is 108 Å². The molecular formula is C14H21N3O. The summed E-state index contributed by atoms with van der Waals surface area (Å²) in [5.74, 6) is 0.149. The first-order valence-corrected chi connectivity index (χ1v) is 6.26. The minimum absolute atomic E-state index is 0.149. The van der Waals surface area contributed by atoms with Crippen LogP contribution in [-0.2, 0) is 10.3 Å². The van der Waals surface area contributed by atoms with Gasteiger partial charge < -0.3 is 10.6 Å². The molecule has 0 radical (unpaired) electrons. The standard InChI is InChI=1S/C14H21N3O/c1-14(2,15)11-5-4-6-12(9-11)17-8-7-16(3)10-13(17)18/h4-6,9H,7-8,10,15H2,1-3H3. The van der Waals surface area contributed by atoms with Crippen molar-refractivity contribution in [1.29, 1.82) is 0 Å². The van der Waals surface area contributed by atoms with Crippen molar-refractivity contribution >= 4 is 11.6 Å². The third kappa shape index (κ3) is 2.71. The van der Waals surface area contributed by atoms with Crippen LogP contribution in [0.1, 0.15) is 19.4 Å². The molecule has 0 bridgehead atoms. The minimum Gasteiger partial charge on any atom is -0.322 e. The van der Waals surface area contributed by atoms with E-state index in [4.69, 9.17) is 5.73 Å². The van der Waals surface area contributed by atoms with Gasteiger partial charge in [-0.05, 0) is 38.6 Å². The van der Waals surface area contributed by atoms with E-state index in [0.717, 1.165) is 24.3 Å². The van der Waals surface area contributed by atoms with E-state index >= 15 is 0 Å². The minimum atomic E-state index is -0.383. The predicted octanol–water partition coefficient (Wildman–Crippen LogP) is 1.16. The van der Waals surface area contributed by atoms with Crippen LogP contribution in [0.3, 0.4) is 0 Å². The fourth-order valence-electron chi connectivity index (χ4n) is 2.14. The number of anilines is 1. The Morgan fingerprint density at radius 1 is 1.28 bits per heavy atom. The fourth-order valence-corrected chi connectivity index (χ4v) is 2.14. The summed E-state index contributed by atoms with van der Waals surface area (Å²) in [7, 11) is 1.97. The number of carbonyl (C=O) groups is 1. The lowest BCUT2D eigenvalue weighted by molar-refractivity contribution is -0.120. The quantitative estimate of drug-likeness (QED) is 0.853. The lowest BCUT2D eigenvalue weighted by Crippen LogP contribution is -2.49. The molecule has 1 aromatic rings. The van der Waals surface area contributed by atoms with Gasteiger partial charge in [0, 0.05) is 24.3 Å². The lowest BCUT2D eigenvalue weighted by atomic mass is 9.95. The number of hydrogen-bond donors (Lipinski definition) is 1. The van der Waals surface area contributed by atoms with E-state index in [-0.39, 0.29) is 11.4 Å². The average molecular weight is 247 g/mol. The first-order valence-electron chi connectivity index (χ1n) is 6.26. The Hall–Kier alpha value is -1.39. The fraction of sp³-hybridized carbons (Fsp3) is 0.500. The molecule has 1 aliphatic heterocycles. The Bertz CT molecular complexity index is 451. The second-order valence-corrected chi connectivity index (χ2v) is 5.56. The van der Waals surface area contributed by atoms with E-state index < -0.39 is 0 Å². The molecule has 2 rings (SSSR count). The van der Waals surface area contributed by atoms with Crippen molar-refractivity contribution in [3.8, 4) is 0 Å². The third-order valence-electron chi connectivity index (χ3n) is 3.31. The number of carbonyl (C=O) groups excluding carboxylic acids is 1. The molecule has 1 saturated heterocycles. The summed E-state index contributed by atoms with van der Waals surface area (Å²) < 4.78 is 0. The summed E-state index contributed by atoms with van der Waals surface area (Å²) in [5.41, 5.74) is 7.71. The highest BCUT2D eigenvalue weighted by molar-refractivity contribution is 5.95. The van der Waals surface area contributed by atoms with Crippen LogP contribution in [0.4, 0.5) is 5.69 Å². The number of nitrogens with zero attached hydrogens (tertiary/aromatic N) is 2. The van der Waals surface area contributed by atoms with Crippen LogP contribution in [0.2, 0.25) is 0 Å². The van der Waals surface area contributed by atoms with Gasteiger partial charge in [0.25, 0.3) is 0 Å². The van der Waals surface area contributed by atoms with Crippen molar-refractivity contribution in [3.63, 3.8) is 0 Å². The number of rotatable bonds is 2. The van der Waals surface area contributed by atoms with Crippen LogP contribution in [0.15, 0.2) is 24.3 Å². The summed E-state index contributed by atoms with van der Waals surface area (Å²) in [6.07, 6.45) is 0. The van der Waals surface area contributed by atoms with Gasteiger partial charge >= 0.3 is 0 Å². The van der Waals surface area contributed by atoms with E-state index in [1.54, 1.807) is 0 Å². The van der Waals surface area contributed by atoms with Gasteiger partial charge in [-0.3, -0.25) is 9.69 Å². The Balaban J connectivity index is 2.26. The topological polar surface area (TPSA) is 49.6 Å². The van der Waals surface area contributed by atoms with Crippen LogP contribution in [0.25, 0.3) is 0 Å². The number of piperazine rings is 1. The SMILES string of the molecule is CN1CCN(c2cccc(C(C)(C)N)c2)C(=O)C1. The maximum absolute atomic E-state index is 12.0. The number of likely N-dealkylation sites (N-methyl/N-ethyl adjacent to an activating group) is 1. The molecule has 0 spiro atoms. The maximum Gasteiger partial charge on any atom is 0.241 e. The van der Waals surface area contributed by atoms with Gasteiger partial charge in [-0.1, -0.05) is 12.1 Å². The highest BCUT2D eigenvalue weighted by atomic mass is 16.2. The van der Waals surface area contributed by atoms with Crippen molar-refractivity contribution in [2.24, 2.45) is 5.73 Å². The number of amides is 1. The molecule has 4 heteroatoms. The predicted molar refractivity (Wildman–Crippen MR) is 73.5 cm³/mol. The van der Waals surface area contributed by atoms with E-state index in [1.807, 2.05) is 55.0 Å². The first-order chi connectivity index (χ1) is 8.38. The molecule has 18 heavy (non-hydrogen) atoms. The average Bonchev–Trinajstić information content (AvgIpc) is 2.28. The third-order valence-corrected chi connectivity index (χ3v) is 3.31. The van der Waals surface area contributed by atoms with E-state index in [1.165, 1.54) is 0 Å². The largest absolute Gasteiger partial charge is 0.322 e. The molecule has 0 aliphatic carbocycles. The van der Waals surface area contributed by atoms with Gasteiger partial charge in [-0.2, -0.15) is 0 Å². The van der Waals surface area contributed by atoms with Crippen LogP contribution in [-0.4, -0.2) is 37.5 Å².